The molecule has 0 bridgehead atoms. The molecule has 1 unspecified atom stereocenters. The maximum Gasteiger partial charge on any atom is 0.122 e. The highest BCUT2D eigenvalue weighted by Gasteiger charge is 2.24. The summed E-state index contributed by atoms with van der Waals surface area (Å²) in [4.78, 5) is 2.58. The molecule has 3 heteroatoms. The van der Waals surface area contributed by atoms with Gasteiger partial charge in [-0.25, -0.2) is 0 Å². The van der Waals surface area contributed by atoms with Crippen molar-refractivity contribution in [3.63, 3.8) is 0 Å². The number of benzene rings is 1. The topological polar surface area (TPSA) is 38.5 Å². The van der Waals surface area contributed by atoms with Gasteiger partial charge in [-0.2, -0.15) is 0 Å². The molecule has 0 aromatic heterocycles. The van der Waals surface area contributed by atoms with Crippen LogP contribution in [-0.4, -0.2) is 29.6 Å². The van der Waals surface area contributed by atoms with Crippen LogP contribution in [0.3, 0.4) is 0 Å². The van der Waals surface area contributed by atoms with E-state index in [0.717, 1.165) is 29.3 Å². The van der Waals surface area contributed by atoms with Crippen LogP contribution in [0.4, 0.5) is 5.69 Å². The zero-order valence-electron chi connectivity index (χ0n) is 17.4. The fraction of sp³-hybridized carbons (Fsp3) is 0.565. The summed E-state index contributed by atoms with van der Waals surface area (Å²) in [6.07, 6.45) is 9.00. The highest BCUT2D eigenvalue weighted by molar-refractivity contribution is 5.67. The van der Waals surface area contributed by atoms with Gasteiger partial charge >= 0.3 is 0 Å². The molecule has 0 saturated carbocycles. The molecular weight excluding hydrogens is 320 g/mol. The Bertz CT molecular complexity index is 653. The molecule has 0 spiro atoms. The van der Waals surface area contributed by atoms with Crippen LogP contribution < -0.4 is 10.5 Å². The quantitative estimate of drug-likeness (QED) is 0.538. The molecule has 144 valence electrons. The molecule has 1 atom stereocenters. The van der Waals surface area contributed by atoms with Gasteiger partial charge in [0.25, 0.3) is 0 Å². The van der Waals surface area contributed by atoms with Crippen molar-refractivity contribution in [3.05, 3.63) is 41.5 Å². The summed E-state index contributed by atoms with van der Waals surface area (Å²) in [7, 11) is 0. The van der Waals surface area contributed by atoms with E-state index >= 15 is 0 Å². The lowest BCUT2D eigenvalue weighted by Gasteiger charge is -2.21. The van der Waals surface area contributed by atoms with E-state index in [4.69, 9.17) is 10.5 Å². The average Bonchev–Trinajstić information content (AvgIpc) is 3.00. The van der Waals surface area contributed by atoms with E-state index < -0.39 is 0 Å². The fourth-order valence-electron chi connectivity index (χ4n) is 3.43. The predicted molar refractivity (Wildman–Crippen MR) is 113 cm³/mol. The molecule has 2 N–H and O–H groups in total. The Morgan fingerprint density at radius 3 is 2.62 bits per heavy atom. The second-order valence-electron chi connectivity index (χ2n) is 8.65. The Hall–Kier alpha value is -1.74. The van der Waals surface area contributed by atoms with Crippen molar-refractivity contribution in [3.8, 4) is 5.75 Å². The van der Waals surface area contributed by atoms with Crippen LogP contribution >= 0.6 is 0 Å². The maximum absolute atomic E-state index is 6.23. The Morgan fingerprint density at radius 1 is 1.35 bits per heavy atom. The third kappa shape index (κ3) is 6.21. The van der Waals surface area contributed by atoms with Gasteiger partial charge in [0.2, 0.25) is 0 Å². The smallest absolute Gasteiger partial charge is 0.122 e. The molecule has 3 nitrogen and oxygen atoms in total. The van der Waals surface area contributed by atoms with Gasteiger partial charge in [-0.05, 0) is 84.5 Å². The molecule has 0 amide bonds. The Morgan fingerprint density at radius 2 is 2.08 bits per heavy atom. The van der Waals surface area contributed by atoms with E-state index in [1.165, 1.54) is 25.1 Å². The minimum absolute atomic E-state index is 0.215. The molecule has 26 heavy (non-hydrogen) atoms. The summed E-state index contributed by atoms with van der Waals surface area (Å²) in [6, 6.07) is 6.60. The highest BCUT2D eigenvalue weighted by Crippen LogP contribution is 2.27. The van der Waals surface area contributed by atoms with Crippen LogP contribution in [0.1, 0.15) is 59.9 Å². The fourth-order valence-corrected chi connectivity index (χ4v) is 3.43. The van der Waals surface area contributed by atoms with Gasteiger partial charge in [0, 0.05) is 24.3 Å². The van der Waals surface area contributed by atoms with Gasteiger partial charge in [0.1, 0.15) is 11.4 Å². The van der Waals surface area contributed by atoms with E-state index in [2.05, 4.69) is 43.9 Å². The SMILES string of the molecule is C/C=C(\C=C/c1ccc(OC(C)(C)C)cc1N)CC1CCN(C(C)C)C1. The van der Waals surface area contributed by atoms with Crippen molar-refractivity contribution in [1.82, 2.24) is 4.90 Å². The predicted octanol–water partition coefficient (Wildman–Crippen LogP) is 5.53. The van der Waals surface area contributed by atoms with Gasteiger partial charge < -0.3 is 15.4 Å². The average molecular weight is 357 g/mol. The maximum atomic E-state index is 6.23. The van der Waals surface area contributed by atoms with E-state index in [0.29, 0.717) is 6.04 Å². The molecular formula is C23H36N2O. The Labute approximate surface area is 159 Å². The molecule has 0 aliphatic carbocycles. The number of anilines is 1. The molecule has 2 rings (SSSR count). The normalized spacial score (nSPS) is 19.7. The number of likely N-dealkylation sites (tertiary alicyclic amines) is 1. The Kier molecular flexibility index (Phi) is 6.94. The summed E-state index contributed by atoms with van der Waals surface area (Å²) in [5.41, 5.74) is 9.19. The third-order valence-corrected chi connectivity index (χ3v) is 4.90. The summed E-state index contributed by atoms with van der Waals surface area (Å²) in [5.74, 6) is 1.58. The van der Waals surface area contributed by atoms with E-state index in [1.807, 2.05) is 39.0 Å². The van der Waals surface area contributed by atoms with E-state index in [9.17, 15) is 0 Å². The van der Waals surface area contributed by atoms with Gasteiger partial charge in [-0.1, -0.05) is 23.8 Å². The van der Waals surface area contributed by atoms with Crippen LogP contribution in [0, 0.1) is 5.92 Å². The first-order valence-electron chi connectivity index (χ1n) is 9.84. The van der Waals surface area contributed by atoms with E-state index in [1.54, 1.807) is 0 Å². The van der Waals surface area contributed by atoms with Gasteiger partial charge in [0.15, 0.2) is 0 Å². The standard InChI is InChI=1S/C23H36N2O/c1-7-18(14-19-12-13-25(16-19)17(2)3)8-9-20-10-11-21(15-22(20)24)26-23(4,5)6/h7-11,15,17,19H,12-14,16,24H2,1-6H3/b9-8-,18-7+. The lowest BCUT2D eigenvalue weighted by Crippen LogP contribution is -2.28. The minimum atomic E-state index is -0.215. The number of nitrogens with two attached hydrogens (primary N) is 1. The molecule has 1 heterocycles. The van der Waals surface area contributed by atoms with Crippen LogP contribution in [0.15, 0.2) is 35.9 Å². The monoisotopic (exact) mass is 356 g/mol. The van der Waals surface area contributed by atoms with Crippen molar-refractivity contribution >= 4 is 11.8 Å². The van der Waals surface area contributed by atoms with Crippen LogP contribution in [0.25, 0.3) is 6.08 Å². The van der Waals surface area contributed by atoms with Crippen LogP contribution in [0.5, 0.6) is 5.75 Å². The van der Waals surface area contributed by atoms with Crippen molar-refractivity contribution in [1.29, 1.82) is 0 Å². The molecule has 1 aromatic rings. The first-order chi connectivity index (χ1) is 12.2. The van der Waals surface area contributed by atoms with Gasteiger partial charge in [-0.15, -0.1) is 0 Å². The Balaban J connectivity index is 1.99. The number of hydrogen-bond donors (Lipinski definition) is 1. The number of rotatable bonds is 6. The van der Waals surface area contributed by atoms with Crippen molar-refractivity contribution in [2.75, 3.05) is 18.8 Å². The largest absolute Gasteiger partial charge is 0.488 e. The van der Waals surface area contributed by atoms with Crippen LogP contribution in [-0.2, 0) is 0 Å². The zero-order valence-corrected chi connectivity index (χ0v) is 17.4. The van der Waals surface area contributed by atoms with Crippen molar-refractivity contribution in [2.24, 2.45) is 5.92 Å². The number of nitrogen functional groups attached to an aromatic ring is 1. The lowest BCUT2D eigenvalue weighted by atomic mass is 9.97. The lowest BCUT2D eigenvalue weighted by molar-refractivity contribution is 0.131. The number of hydrogen-bond acceptors (Lipinski definition) is 3. The van der Waals surface area contributed by atoms with E-state index in [-0.39, 0.29) is 5.60 Å². The van der Waals surface area contributed by atoms with Crippen LogP contribution in [0.2, 0.25) is 0 Å². The van der Waals surface area contributed by atoms with Crippen molar-refractivity contribution in [2.45, 2.75) is 66.0 Å². The molecule has 1 saturated heterocycles. The highest BCUT2D eigenvalue weighted by atomic mass is 16.5. The number of nitrogens with zero attached hydrogens (tertiary/aromatic N) is 1. The first kappa shape index (κ1) is 20.6. The molecule has 1 aliphatic heterocycles. The van der Waals surface area contributed by atoms with Gasteiger partial charge in [-0.3, -0.25) is 0 Å². The molecule has 1 fully saturated rings. The summed E-state index contributed by atoms with van der Waals surface area (Å²) < 4.78 is 5.88. The number of ether oxygens (including phenoxy) is 1. The zero-order chi connectivity index (χ0) is 19.3. The third-order valence-electron chi connectivity index (χ3n) is 4.90. The van der Waals surface area contributed by atoms with Gasteiger partial charge in [0.05, 0.1) is 0 Å². The molecule has 0 radical (unpaired) electrons. The van der Waals surface area contributed by atoms with Crippen molar-refractivity contribution < 1.29 is 4.74 Å². The first-order valence-corrected chi connectivity index (χ1v) is 9.84. The number of allylic oxidation sites excluding steroid dienone is 3. The second-order valence-corrected chi connectivity index (χ2v) is 8.65. The summed E-state index contributed by atoms with van der Waals surface area (Å²) in [6.45, 7) is 15.3. The second kappa shape index (κ2) is 8.77. The minimum Gasteiger partial charge on any atom is -0.488 e. The molecule has 1 aliphatic rings. The summed E-state index contributed by atoms with van der Waals surface area (Å²) >= 11 is 0. The summed E-state index contributed by atoms with van der Waals surface area (Å²) in [5, 5.41) is 0. The molecule has 1 aromatic carbocycles.